The van der Waals surface area contributed by atoms with Crippen molar-refractivity contribution >= 4 is 24.4 Å². The summed E-state index contributed by atoms with van der Waals surface area (Å²) in [5, 5.41) is 0. The summed E-state index contributed by atoms with van der Waals surface area (Å²) in [6.45, 7) is -1.12. The van der Waals surface area contributed by atoms with Gasteiger partial charge in [0.2, 0.25) is 0 Å². The molecule has 0 bridgehead atoms. The minimum absolute atomic E-state index is 0.0873. The number of ether oxygens (including phenoxy) is 1. The Bertz CT molecular complexity index is 1120. The second-order valence-corrected chi connectivity index (χ2v) is 10.3. The van der Waals surface area contributed by atoms with Crippen LogP contribution in [0.15, 0.2) is 18.2 Å². The fraction of sp³-hybridized carbons (Fsp3) is 0.708. The maximum atomic E-state index is 13.0. The molecule has 1 aromatic rings. The van der Waals surface area contributed by atoms with Crippen molar-refractivity contribution in [3.05, 3.63) is 23.8 Å². The summed E-state index contributed by atoms with van der Waals surface area (Å²) in [5.74, 6) is 0.138. The van der Waals surface area contributed by atoms with Crippen LogP contribution in [0.1, 0.15) is 83.8 Å². The van der Waals surface area contributed by atoms with Gasteiger partial charge in [-0.05, 0) is 90.4 Å². The average molecular weight is 436 g/mol. The van der Waals surface area contributed by atoms with Gasteiger partial charge in [0, 0.05) is 31.7 Å². The third-order valence-corrected chi connectivity index (χ3v) is 5.92. The molecule has 2 saturated heterocycles. The van der Waals surface area contributed by atoms with Crippen LogP contribution >= 0.6 is 0 Å². The van der Waals surface area contributed by atoms with Crippen LogP contribution in [0.25, 0.3) is 0 Å². The number of rotatable bonds is 3. The lowest BCUT2D eigenvalue weighted by atomic mass is 9.77. The lowest BCUT2D eigenvalue weighted by Crippen LogP contribution is -2.50. The Hall–Kier alpha value is -1.73. The van der Waals surface area contributed by atoms with E-state index in [2.05, 4.69) is 0 Å². The molecule has 1 aromatic carbocycles. The fourth-order valence-electron chi connectivity index (χ4n) is 3.34. The molecule has 1 saturated carbocycles. The standard InChI is InChI=1S/C24H37BN2O4/c1-22(2,3)29-21(28)27-12-10-26(11-13-27)20-15-18(17-8-9-17)14-19(16-20)25-30-23(4,5)24(6,7)31-25/h14-17H,8-13H2,1-7H3/i10D2,11D2,12D2,13D2. The number of amides is 1. The number of carbonyl (C=O) groups is 1. The maximum absolute atomic E-state index is 13.0. The summed E-state index contributed by atoms with van der Waals surface area (Å²) in [6, 6.07) is 4.85. The molecule has 170 valence electrons. The van der Waals surface area contributed by atoms with Crippen molar-refractivity contribution in [2.75, 3.05) is 30.9 Å². The molecule has 4 rings (SSSR count). The van der Waals surface area contributed by atoms with Gasteiger partial charge in [-0.25, -0.2) is 4.79 Å². The molecule has 0 unspecified atom stereocenters. The van der Waals surface area contributed by atoms with Crippen molar-refractivity contribution in [2.45, 2.75) is 84.0 Å². The number of nitrogens with zero attached hydrogens (tertiary/aromatic N) is 2. The van der Waals surface area contributed by atoms with E-state index in [1.165, 1.54) is 26.8 Å². The van der Waals surface area contributed by atoms with Gasteiger partial charge in [-0.3, -0.25) is 0 Å². The number of hydrogen-bond donors (Lipinski definition) is 0. The van der Waals surface area contributed by atoms with E-state index in [-0.39, 0.29) is 16.5 Å². The average Bonchev–Trinajstić information content (AvgIpc) is 3.51. The number of piperazine rings is 1. The fourth-order valence-corrected chi connectivity index (χ4v) is 3.34. The molecule has 3 fully saturated rings. The molecule has 0 spiro atoms. The summed E-state index contributed by atoms with van der Waals surface area (Å²) in [4.78, 5) is 13.4. The molecule has 1 aliphatic carbocycles. The Morgan fingerprint density at radius 3 is 2.16 bits per heavy atom. The van der Waals surface area contributed by atoms with Crippen LogP contribution in [-0.4, -0.2) is 60.9 Å². The Morgan fingerprint density at radius 2 is 1.65 bits per heavy atom. The van der Waals surface area contributed by atoms with Gasteiger partial charge in [0.05, 0.1) is 22.2 Å². The van der Waals surface area contributed by atoms with Crippen molar-refractivity contribution < 1.29 is 29.8 Å². The first-order chi connectivity index (χ1) is 17.4. The zero-order chi connectivity index (χ0) is 29.8. The molecule has 0 aromatic heterocycles. The van der Waals surface area contributed by atoms with Crippen LogP contribution < -0.4 is 10.4 Å². The maximum Gasteiger partial charge on any atom is 0.494 e. The summed E-state index contributed by atoms with van der Waals surface area (Å²) in [6.07, 6.45) is 0.245. The Morgan fingerprint density at radius 1 is 1.06 bits per heavy atom. The van der Waals surface area contributed by atoms with Crippen molar-refractivity contribution in [2.24, 2.45) is 0 Å². The van der Waals surface area contributed by atoms with Gasteiger partial charge < -0.3 is 23.8 Å². The minimum Gasteiger partial charge on any atom is -0.444 e. The van der Waals surface area contributed by atoms with Crippen LogP contribution in [0.5, 0.6) is 0 Å². The Labute approximate surface area is 198 Å². The van der Waals surface area contributed by atoms with Gasteiger partial charge in [-0.1, -0.05) is 6.07 Å². The number of benzene rings is 1. The van der Waals surface area contributed by atoms with Crippen LogP contribution in [0.4, 0.5) is 10.5 Å². The Kier molecular flexibility index (Phi) is 3.58. The van der Waals surface area contributed by atoms with Crippen LogP contribution in [0.3, 0.4) is 0 Å². The van der Waals surface area contributed by atoms with Crippen LogP contribution in [0, 0.1) is 0 Å². The van der Waals surface area contributed by atoms with Gasteiger partial charge in [0.25, 0.3) is 0 Å². The molecular formula is C24H37BN2O4. The van der Waals surface area contributed by atoms with Crippen LogP contribution in [-0.2, 0) is 14.0 Å². The predicted octanol–water partition coefficient (Wildman–Crippen LogP) is 3.92. The first kappa shape index (κ1) is 14.4. The molecule has 2 aliphatic heterocycles. The van der Waals surface area contributed by atoms with E-state index in [9.17, 15) is 4.79 Å². The molecule has 31 heavy (non-hydrogen) atoms. The molecular weight excluding hydrogens is 391 g/mol. The van der Waals surface area contributed by atoms with E-state index in [1.54, 1.807) is 6.07 Å². The van der Waals surface area contributed by atoms with Gasteiger partial charge in [-0.2, -0.15) is 0 Å². The highest BCUT2D eigenvalue weighted by Gasteiger charge is 2.52. The van der Waals surface area contributed by atoms with Crippen molar-refractivity contribution in [3.63, 3.8) is 0 Å². The molecule has 1 amide bonds. The smallest absolute Gasteiger partial charge is 0.444 e. The van der Waals surface area contributed by atoms with E-state index in [1.807, 2.05) is 33.8 Å². The SMILES string of the molecule is [2H]C1([2H])N(C(=O)OC(C)(C)C)C([2H])([2H])C([2H])([2H])N(c2cc(B3OC(C)(C)C(C)(C)O3)cc(C3CC3)c2)C1([2H])[2H]. The highest BCUT2D eigenvalue weighted by atomic mass is 16.7. The van der Waals surface area contributed by atoms with E-state index >= 15 is 0 Å². The summed E-state index contributed by atoms with van der Waals surface area (Å²) in [7, 11) is -0.860. The van der Waals surface area contributed by atoms with E-state index < -0.39 is 56.0 Å². The molecule has 2 heterocycles. The number of hydrogen-bond acceptors (Lipinski definition) is 5. The summed E-state index contributed by atoms with van der Waals surface area (Å²) < 4.78 is 87.3. The first-order valence-electron chi connectivity index (χ1n) is 14.7. The quantitative estimate of drug-likeness (QED) is 0.673. The predicted molar refractivity (Wildman–Crippen MR) is 124 cm³/mol. The third kappa shape index (κ3) is 4.88. The zero-order valence-corrected chi connectivity index (χ0v) is 19.3. The largest absolute Gasteiger partial charge is 0.494 e. The molecule has 0 radical (unpaired) electrons. The first-order valence-corrected chi connectivity index (χ1v) is 10.7. The normalized spacial score (nSPS) is 33.6. The lowest BCUT2D eigenvalue weighted by molar-refractivity contribution is 0.00578. The second-order valence-electron chi connectivity index (χ2n) is 10.3. The molecule has 3 aliphatic rings. The third-order valence-electron chi connectivity index (χ3n) is 5.92. The van der Waals surface area contributed by atoms with Crippen molar-refractivity contribution in [1.29, 1.82) is 0 Å². The second kappa shape index (κ2) is 7.70. The van der Waals surface area contributed by atoms with E-state index in [4.69, 9.17) is 25.0 Å². The van der Waals surface area contributed by atoms with Gasteiger partial charge in [0.1, 0.15) is 5.60 Å². The molecule has 7 heteroatoms. The van der Waals surface area contributed by atoms with E-state index in [0.29, 0.717) is 10.4 Å². The topological polar surface area (TPSA) is 51.2 Å². The van der Waals surface area contributed by atoms with Crippen LogP contribution in [0.2, 0.25) is 0 Å². The molecule has 6 nitrogen and oxygen atoms in total. The summed E-state index contributed by atoms with van der Waals surface area (Å²) in [5.41, 5.74) is -1.35. The van der Waals surface area contributed by atoms with Gasteiger partial charge in [0.15, 0.2) is 0 Å². The molecule has 0 atom stereocenters. The van der Waals surface area contributed by atoms with Crippen molar-refractivity contribution in [3.8, 4) is 0 Å². The van der Waals surface area contributed by atoms with E-state index in [0.717, 1.165) is 18.4 Å². The summed E-state index contributed by atoms with van der Waals surface area (Å²) >= 11 is 0. The monoisotopic (exact) mass is 436 g/mol. The molecule has 0 N–H and O–H groups in total. The van der Waals surface area contributed by atoms with Gasteiger partial charge in [-0.15, -0.1) is 0 Å². The number of anilines is 1. The van der Waals surface area contributed by atoms with Crippen molar-refractivity contribution in [1.82, 2.24) is 4.90 Å². The number of carbonyl (C=O) groups excluding carboxylic acids is 1. The highest BCUT2D eigenvalue weighted by Crippen LogP contribution is 2.42. The zero-order valence-electron chi connectivity index (χ0n) is 27.3. The van der Waals surface area contributed by atoms with Gasteiger partial charge >= 0.3 is 13.2 Å². The highest BCUT2D eigenvalue weighted by molar-refractivity contribution is 6.62. The minimum atomic E-state index is -3.34. The lowest BCUT2D eigenvalue weighted by Gasteiger charge is -2.37. The Balaban J connectivity index is 1.86.